The van der Waals surface area contributed by atoms with E-state index in [1.54, 1.807) is 7.05 Å². The largest absolute Gasteiger partial charge is 0.359 e. The van der Waals surface area contributed by atoms with Crippen LogP contribution in [0.15, 0.2) is 24.3 Å². The van der Waals surface area contributed by atoms with E-state index in [1.165, 1.54) is 0 Å². The molecule has 14 heavy (non-hydrogen) atoms. The molecule has 1 aromatic carbocycles. The van der Waals surface area contributed by atoms with Gasteiger partial charge in [0.2, 0.25) is 5.91 Å². The molecule has 0 radical (unpaired) electrons. The number of benzene rings is 1. The molecule has 0 saturated carbocycles. The summed E-state index contributed by atoms with van der Waals surface area (Å²) in [5, 5.41) is 2.57. The number of nitrogens with one attached hydrogen (secondary N) is 1. The maximum Gasteiger partial charge on any atom is 0.221 e. The Morgan fingerprint density at radius 2 is 2.14 bits per heavy atom. The van der Waals surface area contributed by atoms with Gasteiger partial charge in [0.15, 0.2) is 0 Å². The van der Waals surface area contributed by atoms with Gasteiger partial charge in [-0.25, -0.2) is 0 Å². The molecule has 1 rings (SSSR count). The monoisotopic (exact) mass is 192 g/mol. The lowest BCUT2D eigenvalue weighted by molar-refractivity contribution is -0.120. The van der Waals surface area contributed by atoms with Gasteiger partial charge in [-0.15, -0.1) is 0 Å². The van der Waals surface area contributed by atoms with Crippen molar-refractivity contribution in [3.63, 3.8) is 0 Å². The van der Waals surface area contributed by atoms with Gasteiger partial charge in [-0.05, 0) is 18.1 Å². The van der Waals surface area contributed by atoms with Crippen LogP contribution in [0.2, 0.25) is 0 Å². The third kappa shape index (κ3) is 2.57. The SMILES string of the molecule is CNC(=O)CC(N)c1ccccc1C. The lowest BCUT2D eigenvalue weighted by atomic mass is 9.99. The minimum absolute atomic E-state index is 0.0271. The fourth-order valence-electron chi connectivity index (χ4n) is 1.41. The van der Waals surface area contributed by atoms with Gasteiger partial charge in [0.1, 0.15) is 0 Å². The molecule has 0 fully saturated rings. The van der Waals surface area contributed by atoms with Crippen molar-refractivity contribution >= 4 is 5.91 Å². The van der Waals surface area contributed by atoms with E-state index in [-0.39, 0.29) is 11.9 Å². The normalized spacial score (nSPS) is 12.2. The number of hydrogen-bond donors (Lipinski definition) is 2. The minimum Gasteiger partial charge on any atom is -0.359 e. The second-order valence-electron chi connectivity index (χ2n) is 3.34. The Bertz CT molecular complexity index is 323. The number of aryl methyl sites for hydroxylation is 1. The van der Waals surface area contributed by atoms with Crippen LogP contribution in [0.3, 0.4) is 0 Å². The van der Waals surface area contributed by atoms with Gasteiger partial charge in [0, 0.05) is 19.5 Å². The Balaban J connectivity index is 2.74. The van der Waals surface area contributed by atoms with E-state index in [2.05, 4.69) is 5.32 Å². The van der Waals surface area contributed by atoms with E-state index < -0.39 is 0 Å². The van der Waals surface area contributed by atoms with E-state index in [0.29, 0.717) is 6.42 Å². The number of rotatable bonds is 3. The lowest BCUT2D eigenvalue weighted by Crippen LogP contribution is -2.24. The van der Waals surface area contributed by atoms with Crippen molar-refractivity contribution in [1.82, 2.24) is 5.32 Å². The summed E-state index contributed by atoms with van der Waals surface area (Å²) in [4.78, 5) is 11.1. The quantitative estimate of drug-likeness (QED) is 0.754. The molecular formula is C11H16N2O. The summed E-state index contributed by atoms with van der Waals surface area (Å²) in [6, 6.07) is 7.65. The van der Waals surface area contributed by atoms with Crippen LogP contribution >= 0.6 is 0 Å². The van der Waals surface area contributed by atoms with E-state index in [4.69, 9.17) is 5.73 Å². The summed E-state index contributed by atoms with van der Waals surface area (Å²) in [5.41, 5.74) is 8.08. The Kier molecular flexibility index (Phi) is 3.65. The first-order valence-electron chi connectivity index (χ1n) is 4.67. The zero-order valence-electron chi connectivity index (χ0n) is 8.58. The summed E-state index contributed by atoms with van der Waals surface area (Å²) in [7, 11) is 1.62. The minimum atomic E-state index is -0.212. The molecular weight excluding hydrogens is 176 g/mol. The summed E-state index contributed by atoms with van der Waals surface area (Å²) >= 11 is 0. The predicted octanol–water partition coefficient (Wildman–Crippen LogP) is 1.13. The van der Waals surface area contributed by atoms with Gasteiger partial charge in [-0.1, -0.05) is 24.3 Å². The highest BCUT2D eigenvalue weighted by Gasteiger charge is 2.11. The van der Waals surface area contributed by atoms with Crippen LogP contribution in [0.4, 0.5) is 0 Å². The molecule has 1 unspecified atom stereocenters. The molecule has 1 aromatic rings. The van der Waals surface area contributed by atoms with E-state index in [0.717, 1.165) is 11.1 Å². The summed E-state index contributed by atoms with van der Waals surface area (Å²) in [5.74, 6) is -0.0271. The highest BCUT2D eigenvalue weighted by Crippen LogP contribution is 2.17. The summed E-state index contributed by atoms with van der Waals surface area (Å²) in [6.45, 7) is 2.00. The first-order valence-corrected chi connectivity index (χ1v) is 4.67. The van der Waals surface area contributed by atoms with Crippen LogP contribution in [0, 0.1) is 6.92 Å². The van der Waals surface area contributed by atoms with Crippen molar-refractivity contribution in [3.05, 3.63) is 35.4 Å². The lowest BCUT2D eigenvalue weighted by Gasteiger charge is -2.13. The van der Waals surface area contributed by atoms with Crippen molar-refractivity contribution in [2.45, 2.75) is 19.4 Å². The molecule has 0 aliphatic carbocycles. The van der Waals surface area contributed by atoms with Gasteiger partial charge >= 0.3 is 0 Å². The standard InChI is InChI=1S/C11H16N2O/c1-8-5-3-4-6-9(8)10(12)7-11(14)13-2/h3-6,10H,7,12H2,1-2H3,(H,13,14). The number of nitrogens with two attached hydrogens (primary N) is 1. The van der Waals surface area contributed by atoms with Crippen molar-refractivity contribution in [2.24, 2.45) is 5.73 Å². The highest BCUT2D eigenvalue weighted by molar-refractivity contribution is 5.76. The van der Waals surface area contributed by atoms with Crippen LogP contribution in [0.1, 0.15) is 23.6 Å². The zero-order chi connectivity index (χ0) is 10.6. The van der Waals surface area contributed by atoms with Crippen LogP contribution in [0.25, 0.3) is 0 Å². The van der Waals surface area contributed by atoms with Crippen molar-refractivity contribution in [2.75, 3.05) is 7.05 Å². The summed E-state index contributed by atoms with van der Waals surface area (Å²) in [6.07, 6.45) is 0.335. The molecule has 3 N–H and O–H groups in total. The Hall–Kier alpha value is -1.35. The molecule has 1 amide bonds. The van der Waals surface area contributed by atoms with Crippen LogP contribution in [-0.2, 0) is 4.79 Å². The zero-order valence-corrected chi connectivity index (χ0v) is 8.58. The fourth-order valence-corrected chi connectivity index (χ4v) is 1.41. The predicted molar refractivity (Wildman–Crippen MR) is 56.8 cm³/mol. The fraction of sp³-hybridized carbons (Fsp3) is 0.364. The Morgan fingerprint density at radius 3 is 2.71 bits per heavy atom. The molecule has 3 nitrogen and oxygen atoms in total. The summed E-state index contributed by atoms with van der Waals surface area (Å²) < 4.78 is 0. The van der Waals surface area contributed by atoms with E-state index in [1.807, 2.05) is 31.2 Å². The van der Waals surface area contributed by atoms with E-state index in [9.17, 15) is 4.79 Å². The van der Waals surface area contributed by atoms with Gasteiger partial charge in [0.05, 0.1) is 0 Å². The number of amides is 1. The molecule has 0 aromatic heterocycles. The van der Waals surface area contributed by atoms with E-state index >= 15 is 0 Å². The third-order valence-corrected chi connectivity index (χ3v) is 2.27. The van der Waals surface area contributed by atoms with Gasteiger partial charge in [0.25, 0.3) is 0 Å². The molecule has 0 saturated heterocycles. The second kappa shape index (κ2) is 4.77. The third-order valence-electron chi connectivity index (χ3n) is 2.27. The Labute approximate surface area is 84.3 Å². The number of carbonyl (C=O) groups excluding carboxylic acids is 1. The number of carbonyl (C=O) groups is 1. The van der Waals surface area contributed by atoms with Crippen LogP contribution in [0.5, 0.6) is 0 Å². The molecule has 0 heterocycles. The van der Waals surface area contributed by atoms with Crippen LogP contribution in [-0.4, -0.2) is 13.0 Å². The van der Waals surface area contributed by atoms with Gasteiger partial charge in [-0.2, -0.15) is 0 Å². The smallest absolute Gasteiger partial charge is 0.221 e. The molecule has 0 aliphatic rings. The Morgan fingerprint density at radius 1 is 1.50 bits per heavy atom. The average molecular weight is 192 g/mol. The maximum absolute atomic E-state index is 11.1. The number of hydrogen-bond acceptors (Lipinski definition) is 2. The molecule has 3 heteroatoms. The van der Waals surface area contributed by atoms with Crippen molar-refractivity contribution in [3.8, 4) is 0 Å². The topological polar surface area (TPSA) is 55.1 Å². The first-order chi connectivity index (χ1) is 6.65. The molecule has 0 bridgehead atoms. The van der Waals surface area contributed by atoms with Crippen LogP contribution < -0.4 is 11.1 Å². The average Bonchev–Trinajstić information content (AvgIpc) is 2.18. The van der Waals surface area contributed by atoms with Gasteiger partial charge in [-0.3, -0.25) is 4.79 Å². The second-order valence-corrected chi connectivity index (χ2v) is 3.34. The van der Waals surface area contributed by atoms with Crippen molar-refractivity contribution < 1.29 is 4.79 Å². The molecule has 0 aliphatic heterocycles. The van der Waals surface area contributed by atoms with Crippen molar-refractivity contribution in [1.29, 1.82) is 0 Å². The molecule has 76 valence electrons. The highest BCUT2D eigenvalue weighted by atomic mass is 16.1. The first kappa shape index (κ1) is 10.7. The molecule has 0 spiro atoms. The molecule has 1 atom stereocenters. The van der Waals surface area contributed by atoms with Gasteiger partial charge < -0.3 is 11.1 Å². The maximum atomic E-state index is 11.1.